The summed E-state index contributed by atoms with van der Waals surface area (Å²) in [6.45, 7) is 0. The fourth-order valence-electron chi connectivity index (χ4n) is 0. The minimum absolute atomic E-state index is 0. The molecular formula is H3CoNiO3. The third kappa shape index (κ3) is 52.3. The van der Waals surface area contributed by atoms with Gasteiger partial charge in [0.2, 0.25) is 0 Å². The molecule has 5 heteroatoms. The fourth-order valence-corrected chi connectivity index (χ4v) is 0. The zero-order valence-electron chi connectivity index (χ0n) is 1.99. The van der Waals surface area contributed by atoms with Gasteiger partial charge in [-0.05, 0) is 0 Å². The van der Waals surface area contributed by atoms with Crippen molar-refractivity contribution in [3.05, 3.63) is 0 Å². The number of rotatable bonds is 0. The Kier molecular flexibility index (Phi) is 752. The summed E-state index contributed by atoms with van der Waals surface area (Å²) in [5, 5.41) is 0. The molecule has 0 bridgehead atoms. The van der Waals surface area contributed by atoms with Crippen molar-refractivity contribution in [1.82, 2.24) is 0 Å². The Morgan fingerprint density at radius 1 is 1.00 bits per heavy atom. The van der Waals surface area contributed by atoms with Crippen LogP contribution < -0.4 is 0 Å². The first-order chi connectivity index (χ1) is 1.00. The van der Waals surface area contributed by atoms with Crippen LogP contribution in [0.4, 0.5) is 0 Å². The van der Waals surface area contributed by atoms with Crippen molar-refractivity contribution in [2.24, 2.45) is 0 Å². The molecule has 0 aliphatic rings. The van der Waals surface area contributed by atoms with Gasteiger partial charge in [0.15, 0.2) is 0 Å². The third-order valence-electron chi connectivity index (χ3n) is 0. The fraction of sp³-hybridized carbons (Fsp3) is 0. The average molecular weight is 169 g/mol. The van der Waals surface area contributed by atoms with E-state index in [1.165, 1.54) is 0 Å². The van der Waals surface area contributed by atoms with E-state index in [-0.39, 0.29) is 27.7 Å². The molecule has 0 heterocycles. The topological polar surface area (TPSA) is 80.2 Å². The van der Waals surface area contributed by atoms with Gasteiger partial charge >= 0.3 is 36.8 Å². The van der Waals surface area contributed by atoms with Crippen molar-refractivity contribution in [2.75, 3.05) is 0 Å². The maximum absolute atomic E-state index is 6.62. The average Bonchev–Trinajstić information content (AvgIpc) is 1.00. The van der Waals surface area contributed by atoms with Gasteiger partial charge in [0.1, 0.15) is 0 Å². The van der Waals surface area contributed by atoms with Gasteiger partial charge in [-0.25, -0.2) is 0 Å². The Bertz CT molecular complexity index is 6.85. The predicted octanol–water partition coefficient (Wildman–Crippen LogP) is -0.916. The van der Waals surface area contributed by atoms with Crippen molar-refractivity contribution in [3.8, 4) is 0 Å². The molecule has 0 aliphatic heterocycles. The van der Waals surface area contributed by atoms with Crippen LogP contribution >= 0.6 is 0 Å². The van der Waals surface area contributed by atoms with Crippen LogP contribution in [0, 0.1) is 0 Å². The summed E-state index contributed by atoms with van der Waals surface area (Å²) in [7, 11) is 0. The van der Waals surface area contributed by atoms with Crippen molar-refractivity contribution >= 4 is 0 Å². The summed E-state index contributed by atoms with van der Waals surface area (Å²) in [6.07, 6.45) is 0. The maximum atomic E-state index is 6.62. The molecule has 0 fully saturated rings. The van der Waals surface area contributed by atoms with Gasteiger partial charge < -0.3 is 11.0 Å². The summed E-state index contributed by atoms with van der Waals surface area (Å²) in [5.41, 5.74) is 0. The second-order valence-electron chi connectivity index (χ2n) is 0. The first-order valence-corrected chi connectivity index (χ1v) is 0.583. The molecule has 0 aliphatic carbocycles. The third-order valence-corrected chi connectivity index (χ3v) is 0. The van der Waals surface area contributed by atoms with Crippen molar-refractivity contribution in [1.29, 1.82) is 0 Å². The van der Waals surface area contributed by atoms with Gasteiger partial charge in [0.05, 0.1) is 0 Å². The Morgan fingerprint density at radius 2 is 1.00 bits per heavy atom. The molecule has 5 heavy (non-hydrogen) atoms. The van der Waals surface area contributed by atoms with Crippen molar-refractivity contribution < 1.29 is 47.8 Å². The van der Waals surface area contributed by atoms with E-state index in [4.69, 9.17) is 4.25 Å². The standard InChI is InChI=1S/Co.Ni.3H2O/h;;3*1H2/q+2;+1;;;/p-3. The predicted molar refractivity (Wildman–Crippen MR) is 6.09 cm³/mol. The molecular weight excluding hydrogens is 166 g/mol. The number of hydrogen-bond donors (Lipinski definition) is 1. The van der Waals surface area contributed by atoms with Crippen LogP contribution in [0.3, 0.4) is 0 Å². The molecule has 0 rings (SSSR count). The molecule has 3 nitrogen and oxygen atoms in total. The van der Waals surface area contributed by atoms with E-state index < -0.39 is 0 Å². The SMILES string of the molecule is [Co+2].[OH-].[OH-].[OH][Ni]. The van der Waals surface area contributed by atoms with Gasteiger partial charge in [-0.15, -0.1) is 0 Å². The van der Waals surface area contributed by atoms with Gasteiger partial charge in [-0.2, -0.15) is 0 Å². The Hall–Kier alpha value is 0.880. The van der Waals surface area contributed by atoms with Gasteiger partial charge in [-0.1, -0.05) is 0 Å². The molecule has 0 aromatic rings. The molecule has 0 saturated carbocycles. The molecule has 0 spiro atoms. The van der Waals surface area contributed by atoms with Crippen LogP contribution in [-0.2, 0) is 32.6 Å². The molecule has 0 amide bonds. The molecule has 0 unspecified atom stereocenters. The van der Waals surface area contributed by atoms with E-state index in [9.17, 15) is 0 Å². The zero-order valence-corrected chi connectivity index (χ0v) is 4.02. The quantitative estimate of drug-likeness (QED) is 0.476. The van der Waals surface area contributed by atoms with Crippen LogP contribution in [-0.4, -0.2) is 15.2 Å². The first-order valence-electron chi connectivity index (χ1n) is 0.141. The molecule has 40 valence electrons. The van der Waals surface area contributed by atoms with E-state index >= 15 is 0 Å². The van der Waals surface area contributed by atoms with E-state index in [2.05, 4.69) is 15.8 Å². The zero-order chi connectivity index (χ0) is 2.00. The summed E-state index contributed by atoms with van der Waals surface area (Å²) in [5.74, 6) is 0. The Morgan fingerprint density at radius 3 is 1.00 bits per heavy atom. The van der Waals surface area contributed by atoms with Crippen LogP contribution in [0.2, 0.25) is 0 Å². The summed E-state index contributed by atoms with van der Waals surface area (Å²) < 4.78 is 6.62. The van der Waals surface area contributed by atoms with Crippen LogP contribution in [0.1, 0.15) is 0 Å². The summed E-state index contributed by atoms with van der Waals surface area (Å²) in [6, 6.07) is 0. The first kappa shape index (κ1) is 39.6. The minimum atomic E-state index is 0. The van der Waals surface area contributed by atoms with Gasteiger partial charge in [0.25, 0.3) is 0 Å². The van der Waals surface area contributed by atoms with Crippen molar-refractivity contribution in [2.45, 2.75) is 0 Å². The van der Waals surface area contributed by atoms with Gasteiger partial charge in [0, 0.05) is 0 Å². The second kappa shape index (κ2) is 94.9. The molecule has 1 radical (unpaired) electrons. The normalized spacial score (nSPS) is 1.40. The summed E-state index contributed by atoms with van der Waals surface area (Å²) in [4.78, 5) is 0. The van der Waals surface area contributed by atoms with Crippen LogP contribution in [0.15, 0.2) is 0 Å². The summed E-state index contributed by atoms with van der Waals surface area (Å²) >= 11 is 2.88. The van der Waals surface area contributed by atoms with E-state index in [0.717, 1.165) is 0 Å². The second-order valence-corrected chi connectivity index (χ2v) is 0. The van der Waals surface area contributed by atoms with Crippen LogP contribution in [0.5, 0.6) is 0 Å². The molecule has 0 aromatic carbocycles. The molecule has 0 aromatic heterocycles. The van der Waals surface area contributed by atoms with E-state index in [1.807, 2.05) is 0 Å². The molecule has 0 saturated heterocycles. The van der Waals surface area contributed by atoms with Crippen LogP contribution in [0.25, 0.3) is 0 Å². The molecule has 3 N–H and O–H groups in total. The molecule has 0 atom stereocenters. The number of hydrogen-bond acceptors (Lipinski definition) is 3. The van der Waals surface area contributed by atoms with Crippen molar-refractivity contribution in [3.63, 3.8) is 0 Å². The Labute approximate surface area is 48.2 Å². The Balaban J connectivity index is -0.00000000167. The monoisotopic (exact) mass is 168 g/mol. The van der Waals surface area contributed by atoms with E-state index in [1.54, 1.807) is 0 Å². The van der Waals surface area contributed by atoms with Gasteiger partial charge in [-0.3, -0.25) is 0 Å². The van der Waals surface area contributed by atoms with E-state index in [0.29, 0.717) is 0 Å².